The molecule has 1 aromatic heterocycles. The fourth-order valence-corrected chi connectivity index (χ4v) is 2.18. The highest BCUT2D eigenvalue weighted by molar-refractivity contribution is 7.93. The monoisotopic (exact) mass is 374 g/mol. The second-order valence-corrected chi connectivity index (χ2v) is 6.00. The summed E-state index contributed by atoms with van der Waals surface area (Å²) in [4.78, 5) is 16.4. The quantitative estimate of drug-likeness (QED) is 0.501. The van der Waals surface area contributed by atoms with Crippen molar-refractivity contribution in [3.8, 4) is 0 Å². The number of aromatic nitrogens is 2. The summed E-state index contributed by atoms with van der Waals surface area (Å²) in [7, 11) is -5.81. The molecule has 0 fully saturated rings. The van der Waals surface area contributed by atoms with Crippen molar-refractivity contribution in [2.45, 2.75) is 5.51 Å². The van der Waals surface area contributed by atoms with Crippen LogP contribution in [-0.2, 0) is 10.0 Å². The molecule has 2 aromatic rings. The summed E-state index contributed by atoms with van der Waals surface area (Å²) in [5.41, 5.74) is -7.32. The summed E-state index contributed by atoms with van der Waals surface area (Å²) in [6.45, 7) is 0. The molecule has 1 aromatic carbocycles. The Labute approximate surface area is 129 Å². The molecule has 0 unspecified atom stereocenters. The molecule has 0 aliphatic heterocycles. The van der Waals surface area contributed by atoms with Crippen LogP contribution >= 0.6 is 11.6 Å². The van der Waals surface area contributed by atoms with E-state index in [1.54, 1.807) is 0 Å². The van der Waals surface area contributed by atoms with Crippen molar-refractivity contribution < 1.29 is 30.9 Å². The maximum absolute atomic E-state index is 13.5. The van der Waals surface area contributed by atoms with E-state index in [4.69, 9.17) is 11.6 Å². The molecule has 0 saturated heterocycles. The second kappa shape index (κ2) is 5.42. The minimum Gasteiger partial charge on any atom is -0.258 e. The average Bonchev–Trinajstić information content (AvgIpc) is 2.37. The zero-order valence-corrected chi connectivity index (χ0v) is 12.0. The van der Waals surface area contributed by atoms with E-state index >= 15 is 0 Å². The Morgan fingerprint density at radius 2 is 1.78 bits per heavy atom. The molecule has 14 heteroatoms. The van der Waals surface area contributed by atoms with E-state index in [2.05, 4.69) is 9.97 Å². The minimum absolute atomic E-state index is 0.307. The number of nitrogens with zero attached hydrogens (tertiary/aromatic N) is 3. The first-order chi connectivity index (χ1) is 10.4. The summed E-state index contributed by atoms with van der Waals surface area (Å²) in [6, 6.07) is 1.17. The summed E-state index contributed by atoms with van der Waals surface area (Å²) >= 11 is 5.50. The first kappa shape index (κ1) is 17.1. The standard InChI is InChI=1S/C9H3ClF4N4O4S/c10-7-8(17-23(21,22)9(12,13)14)16-4-1-3(11)6(18(19)20)2-5(4)15-7/h1-2H,(H,16,17). The van der Waals surface area contributed by atoms with Gasteiger partial charge in [0.2, 0.25) is 5.82 Å². The molecule has 0 spiro atoms. The van der Waals surface area contributed by atoms with Crippen LogP contribution < -0.4 is 4.72 Å². The van der Waals surface area contributed by atoms with Crippen LogP contribution in [0, 0.1) is 15.9 Å². The molecule has 23 heavy (non-hydrogen) atoms. The zero-order valence-electron chi connectivity index (χ0n) is 10.4. The van der Waals surface area contributed by atoms with E-state index in [1.807, 2.05) is 0 Å². The SMILES string of the molecule is O=[N+]([O-])c1cc2nc(Cl)c(NS(=O)(=O)C(F)(F)F)nc2cc1F. The highest BCUT2D eigenvalue weighted by Gasteiger charge is 2.46. The van der Waals surface area contributed by atoms with Gasteiger partial charge in [-0.1, -0.05) is 11.6 Å². The van der Waals surface area contributed by atoms with Crippen molar-refractivity contribution >= 4 is 44.2 Å². The third-order valence-electron chi connectivity index (χ3n) is 2.42. The number of hydrogen-bond acceptors (Lipinski definition) is 6. The Hall–Kier alpha value is -2.28. The van der Waals surface area contributed by atoms with E-state index < -0.39 is 48.4 Å². The normalized spacial score (nSPS) is 12.4. The van der Waals surface area contributed by atoms with Crippen molar-refractivity contribution in [1.82, 2.24) is 9.97 Å². The van der Waals surface area contributed by atoms with Gasteiger partial charge in [0.05, 0.1) is 16.0 Å². The zero-order chi connectivity index (χ0) is 17.6. The third kappa shape index (κ3) is 3.24. The first-order valence-corrected chi connectivity index (χ1v) is 7.19. The number of nitro benzene ring substituents is 1. The summed E-state index contributed by atoms with van der Waals surface area (Å²) in [5, 5.41) is 9.78. The van der Waals surface area contributed by atoms with Crippen LogP contribution in [0.5, 0.6) is 0 Å². The summed E-state index contributed by atoms with van der Waals surface area (Å²) in [6.07, 6.45) is 0. The van der Waals surface area contributed by atoms with Crippen molar-refractivity contribution in [3.63, 3.8) is 0 Å². The molecule has 2 rings (SSSR count). The van der Waals surface area contributed by atoms with Crippen molar-refractivity contribution in [2.24, 2.45) is 0 Å². The largest absolute Gasteiger partial charge is 0.516 e. The maximum Gasteiger partial charge on any atom is 0.516 e. The molecule has 0 atom stereocenters. The summed E-state index contributed by atoms with van der Waals surface area (Å²) < 4.78 is 73.4. The van der Waals surface area contributed by atoms with Gasteiger partial charge in [-0.3, -0.25) is 14.8 Å². The predicted octanol–water partition coefficient (Wildman–Crippen LogP) is 2.59. The maximum atomic E-state index is 13.5. The number of sulfonamides is 1. The van der Waals surface area contributed by atoms with E-state index in [1.165, 1.54) is 0 Å². The van der Waals surface area contributed by atoms with Crippen LogP contribution in [-0.4, -0.2) is 28.8 Å². The van der Waals surface area contributed by atoms with Gasteiger partial charge >= 0.3 is 21.2 Å². The first-order valence-electron chi connectivity index (χ1n) is 5.32. The topological polar surface area (TPSA) is 115 Å². The van der Waals surface area contributed by atoms with E-state index in [0.29, 0.717) is 12.1 Å². The minimum atomic E-state index is -5.81. The number of halogens is 5. The molecule has 1 heterocycles. The van der Waals surface area contributed by atoms with Crippen LogP contribution in [0.15, 0.2) is 12.1 Å². The van der Waals surface area contributed by atoms with Gasteiger partial charge < -0.3 is 0 Å². The average molecular weight is 375 g/mol. The Kier molecular flexibility index (Phi) is 4.02. The van der Waals surface area contributed by atoms with Gasteiger partial charge in [-0.05, 0) is 0 Å². The molecule has 0 aliphatic rings. The van der Waals surface area contributed by atoms with Crippen LogP contribution in [0.3, 0.4) is 0 Å². The Balaban J connectivity index is 2.59. The lowest BCUT2D eigenvalue weighted by Gasteiger charge is -2.11. The number of rotatable bonds is 3. The van der Waals surface area contributed by atoms with Gasteiger partial charge in [0.1, 0.15) is 0 Å². The molecule has 0 saturated carbocycles. The van der Waals surface area contributed by atoms with Crippen LogP contribution in [0.4, 0.5) is 29.1 Å². The second-order valence-electron chi connectivity index (χ2n) is 3.96. The van der Waals surface area contributed by atoms with Gasteiger partial charge in [0.15, 0.2) is 11.0 Å². The molecule has 0 amide bonds. The Bertz CT molecular complexity index is 918. The lowest BCUT2D eigenvalue weighted by atomic mass is 10.2. The predicted molar refractivity (Wildman–Crippen MR) is 69.8 cm³/mol. The molecule has 1 N–H and O–H groups in total. The molecule has 0 radical (unpaired) electrons. The lowest BCUT2D eigenvalue weighted by molar-refractivity contribution is -0.387. The Morgan fingerprint density at radius 3 is 2.30 bits per heavy atom. The smallest absolute Gasteiger partial charge is 0.258 e. The van der Waals surface area contributed by atoms with E-state index in [0.717, 1.165) is 4.72 Å². The van der Waals surface area contributed by atoms with Crippen molar-refractivity contribution in [1.29, 1.82) is 0 Å². The molecular weight excluding hydrogens is 372 g/mol. The van der Waals surface area contributed by atoms with Gasteiger partial charge in [-0.25, -0.2) is 9.97 Å². The fraction of sp³-hybridized carbons (Fsp3) is 0.111. The number of alkyl halides is 3. The number of nitrogens with one attached hydrogen (secondary N) is 1. The molecular formula is C9H3ClF4N4O4S. The summed E-state index contributed by atoms with van der Waals surface area (Å²) in [5.74, 6) is -2.33. The highest BCUT2D eigenvalue weighted by Crippen LogP contribution is 2.30. The van der Waals surface area contributed by atoms with Gasteiger partial charge in [0.25, 0.3) is 0 Å². The number of fused-ring (bicyclic) bond motifs is 1. The van der Waals surface area contributed by atoms with Crippen molar-refractivity contribution in [2.75, 3.05) is 4.72 Å². The van der Waals surface area contributed by atoms with Gasteiger partial charge in [-0.15, -0.1) is 0 Å². The number of anilines is 1. The van der Waals surface area contributed by atoms with Crippen LogP contribution in [0.1, 0.15) is 0 Å². The highest BCUT2D eigenvalue weighted by atomic mass is 35.5. The van der Waals surface area contributed by atoms with Gasteiger partial charge in [-0.2, -0.15) is 26.0 Å². The van der Waals surface area contributed by atoms with Gasteiger partial charge in [0, 0.05) is 12.1 Å². The van der Waals surface area contributed by atoms with E-state index in [-0.39, 0.29) is 5.52 Å². The van der Waals surface area contributed by atoms with Crippen LogP contribution in [0.2, 0.25) is 5.15 Å². The molecule has 0 bridgehead atoms. The molecule has 124 valence electrons. The molecule has 0 aliphatic carbocycles. The van der Waals surface area contributed by atoms with E-state index in [9.17, 15) is 36.1 Å². The number of nitro groups is 1. The van der Waals surface area contributed by atoms with Crippen LogP contribution in [0.25, 0.3) is 11.0 Å². The molecule has 8 nitrogen and oxygen atoms in total. The van der Waals surface area contributed by atoms with Crippen molar-refractivity contribution in [3.05, 3.63) is 33.2 Å². The third-order valence-corrected chi connectivity index (χ3v) is 3.76. The number of hydrogen-bond donors (Lipinski definition) is 1. The Morgan fingerprint density at radius 1 is 1.22 bits per heavy atom. The lowest BCUT2D eigenvalue weighted by Crippen LogP contribution is -2.30. The number of benzene rings is 1. The fourth-order valence-electron chi connectivity index (χ4n) is 1.43.